The summed E-state index contributed by atoms with van der Waals surface area (Å²) in [4.78, 5) is 12.7. The van der Waals surface area contributed by atoms with E-state index in [1.807, 2.05) is 31.2 Å². The first-order valence-electron chi connectivity index (χ1n) is 9.25. The first kappa shape index (κ1) is 22.5. The molecule has 0 bridgehead atoms. The van der Waals surface area contributed by atoms with Crippen LogP contribution in [-0.2, 0) is 14.8 Å². The summed E-state index contributed by atoms with van der Waals surface area (Å²) in [6.45, 7) is 5.57. The second-order valence-corrected chi connectivity index (χ2v) is 8.78. The molecule has 0 heterocycles. The number of aryl methyl sites for hydroxylation is 1. The first-order chi connectivity index (χ1) is 13.6. The molecule has 0 fully saturated rings. The third-order valence-corrected chi connectivity index (χ3v) is 5.63. The highest BCUT2D eigenvalue weighted by Crippen LogP contribution is 2.24. The highest BCUT2D eigenvalue weighted by Gasteiger charge is 2.29. The number of amides is 1. The number of para-hydroxylation sites is 1. The summed E-state index contributed by atoms with van der Waals surface area (Å²) in [5.74, 6) is 0.936. The fourth-order valence-corrected chi connectivity index (χ4v) is 4.05. The molecule has 8 heteroatoms. The van der Waals surface area contributed by atoms with E-state index in [2.05, 4.69) is 5.32 Å². The van der Waals surface area contributed by atoms with Gasteiger partial charge in [0.2, 0.25) is 15.9 Å². The van der Waals surface area contributed by atoms with Crippen molar-refractivity contribution in [2.45, 2.75) is 32.9 Å². The van der Waals surface area contributed by atoms with Gasteiger partial charge in [-0.1, -0.05) is 18.2 Å². The van der Waals surface area contributed by atoms with Gasteiger partial charge in [0, 0.05) is 0 Å². The van der Waals surface area contributed by atoms with Crippen molar-refractivity contribution in [1.29, 1.82) is 0 Å². The van der Waals surface area contributed by atoms with Crippen LogP contribution < -0.4 is 19.1 Å². The molecule has 2 rings (SSSR count). The molecule has 1 amide bonds. The lowest BCUT2D eigenvalue weighted by Crippen LogP contribution is -2.50. The van der Waals surface area contributed by atoms with Gasteiger partial charge in [-0.3, -0.25) is 9.10 Å². The molecule has 0 spiro atoms. The summed E-state index contributed by atoms with van der Waals surface area (Å²) < 4.78 is 36.7. The van der Waals surface area contributed by atoms with Crippen LogP contribution in [-0.4, -0.2) is 46.4 Å². The van der Waals surface area contributed by atoms with Gasteiger partial charge in [-0.05, 0) is 56.7 Å². The molecule has 0 unspecified atom stereocenters. The predicted octanol–water partition coefficient (Wildman–Crippen LogP) is 2.74. The van der Waals surface area contributed by atoms with Gasteiger partial charge in [0.15, 0.2) is 0 Å². The van der Waals surface area contributed by atoms with Crippen LogP contribution in [0.15, 0.2) is 48.5 Å². The number of methoxy groups -OCH3 is 1. The van der Waals surface area contributed by atoms with Gasteiger partial charge >= 0.3 is 0 Å². The molecule has 0 aliphatic rings. The Morgan fingerprint density at radius 1 is 1.10 bits per heavy atom. The minimum atomic E-state index is -3.68. The molecule has 29 heavy (non-hydrogen) atoms. The minimum Gasteiger partial charge on any atom is -0.497 e. The average molecular weight is 421 g/mol. The van der Waals surface area contributed by atoms with Crippen molar-refractivity contribution in [3.8, 4) is 11.5 Å². The van der Waals surface area contributed by atoms with Gasteiger partial charge < -0.3 is 14.8 Å². The highest BCUT2D eigenvalue weighted by molar-refractivity contribution is 7.92. The molecule has 0 saturated carbocycles. The van der Waals surface area contributed by atoms with Crippen molar-refractivity contribution in [2.75, 3.05) is 24.3 Å². The van der Waals surface area contributed by atoms with Crippen LogP contribution in [0.5, 0.6) is 11.5 Å². The van der Waals surface area contributed by atoms with Crippen LogP contribution in [0.4, 0.5) is 5.69 Å². The number of nitrogens with zero attached hydrogens (tertiary/aromatic N) is 1. The van der Waals surface area contributed by atoms with E-state index in [-0.39, 0.29) is 12.6 Å². The Hall–Kier alpha value is -2.74. The van der Waals surface area contributed by atoms with E-state index in [9.17, 15) is 13.2 Å². The van der Waals surface area contributed by atoms with Crippen LogP contribution in [0.3, 0.4) is 0 Å². The van der Waals surface area contributed by atoms with Gasteiger partial charge in [-0.2, -0.15) is 0 Å². The number of rotatable bonds is 9. The van der Waals surface area contributed by atoms with E-state index in [4.69, 9.17) is 9.47 Å². The van der Waals surface area contributed by atoms with Crippen LogP contribution in [0, 0.1) is 6.92 Å². The van der Waals surface area contributed by atoms with Crippen LogP contribution in [0.1, 0.15) is 19.4 Å². The molecule has 0 aliphatic carbocycles. The van der Waals surface area contributed by atoms with Gasteiger partial charge in [-0.15, -0.1) is 0 Å². The lowest BCUT2D eigenvalue weighted by Gasteiger charge is -2.29. The van der Waals surface area contributed by atoms with Crippen LogP contribution in [0.25, 0.3) is 0 Å². The number of ether oxygens (including phenoxy) is 2. The van der Waals surface area contributed by atoms with E-state index >= 15 is 0 Å². The molecule has 2 aromatic carbocycles. The summed E-state index contributed by atoms with van der Waals surface area (Å²) in [6, 6.07) is 12.9. The molecule has 0 aromatic heterocycles. The Morgan fingerprint density at radius 3 is 2.28 bits per heavy atom. The summed E-state index contributed by atoms with van der Waals surface area (Å²) in [6.07, 6.45) is 1.08. The maximum absolute atomic E-state index is 12.7. The maximum atomic E-state index is 12.7. The zero-order valence-corrected chi connectivity index (χ0v) is 18.2. The smallest absolute Gasteiger partial charge is 0.243 e. The second kappa shape index (κ2) is 9.65. The van der Waals surface area contributed by atoms with Crippen molar-refractivity contribution >= 4 is 21.6 Å². The zero-order valence-electron chi connectivity index (χ0n) is 17.4. The largest absolute Gasteiger partial charge is 0.497 e. The van der Waals surface area contributed by atoms with Crippen molar-refractivity contribution in [3.05, 3.63) is 54.1 Å². The summed E-state index contributed by atoms with van der Waals surface area (Å²) in [5.41, 5.74) is 1.39. The van der Waals surface area contributed by atoms with E-state index in [0.717, 1.165) is 21.9 Å². The second-order valence-electron chi connectivity index (χ2n) is 6.92. The van der Waals surface area contributed by atoms with E-state index < -0.39 is 22.0 Å². The third-order valence-electron chi connectivity index (χ3n) is 4.39. The van der Waals surface area contributed by atoms with Crippen molar-refractivity contribution in [1.82, 2.24) is 5.32 Å². The number of sulfonamides is 1. The number of carbonyl (C=O) groups is 1. The molecule has 0 saturated heterocycles. The number of carbonyl (C=O) groups excluding carboxylic acids is 1. The van der Waals surface area contributed by atoms with Crippen molar-refractivity contribution in [3.63, 3.8) is 0 Å². The van der Waals surface area contributed by atoms with E-state index in [0.29, 0.717) is 11.4 Å². The molecule has 0 aliphatic heterocycles. The topological polar surface area (TPSA) is 84.9 Å². The number of nitrogens with one attached hydrogen (secondary N) is 1. The Labute approximate surface area is 172 Å². The lowest BCUT2D eigenvalue weighted by atomic mass is 10.2. The highest BCUT2D eigenvalue weighted by atomic mass is 32.2. The molecular formula is C21H28N2O5S. The van der Waals surface area contributed by atoms with Crippen molar-refractivity contribution in [2.24, 2.45) is 0 Å². The maximum Gasteiger partial charge on any atom is 0.243 e. The van der Waals surface area contributed by atoms with Gasteiger partial charge in [-0.25, -0.2) is 8.42 Å². The number of hydrogen-bond acceptors (Lipinski definition) is 5. The quantitative estimate of drug-likeness (QED) is 0.674. The van der Waals surface area contributed by atoms with Gasteiger partial charge in [0.05, 0.1) is 25.1 Å². The molecule has 2 aromatic rings. The Kier molecular flexibility index (Phi) is 7.50. The van der Waals surface area contributed by atoms with Gasteiger partial charge in [0.1, 0.15) is 24.1 Å². The number of benzene rings is 2. The van der Waals surface area contributed by atoms with Crippen molar-refractivity contribution < 1.29 is 22.7 Å². The Bertz CT molecular complexity index is 928. The van der Waals surface area contributed by atoms with Gasteiger partial charge in [0.25, 0.3) is 0 Å². The molecule has 1 N–H and O–H groups in total. The molecule has 7 nitrogen and oxygen atoms in total. The fourth-order valence-electron chi connectivity index (χ4n) is 2.88. The summed E-state index contributed by atoms with van der Waals surface area (Å²) in [7, 11) is -2.15. The minimum absolute atomic E-state index is 0.269. The third kappa shape index (κ3) is 6.12. The predicted molar refractivity (Wildman–Crippen MR) is 114 cm³/mol. The lowest BCUT2D eigenvalue weighted by molar-refractivity contribution is -0.122. The molecule has 0 radical (unpaired) electrons. The average Bonchev–Trinajstić information content (AvgIpc) is 2.67. The molecule has 2 atom stereocenters. The van der Waals surface area contributed by atoms with E-state index in [1.54, 1.807) is 38.1 Å². The summed E-state index contributed by atoms with van der Waals surface area (Å²) in [5, 5.41) is 2.82. The zero-order chi connectivity index (χ0) is 21.6. The normalized spacial score (nSPS) is 13.3. The summed E-state index contributed by atoms with van der Waals surface area (Å²) >= 11 is 0. The van der Waals surface area contributed by atoms with Crippen LogP contribution >= 0.6 is 0 Å². The Morgan fingerprint density at radius 2 is 1.72 bits per heavy atom. The molecule has 158 valence electrons. The standard InChI is InChI=1S/C21H28N2O5S/c1-15-8-6-7-9-20(15)28-14-16(2)22-21(24)17(3)23(29(5,25)26)18-10-12-19(27-4)13-11-18/h6-13,16-17H,14H2,1-5H3,(H,22,24)/t16-,17+/m0/s1. The monoisotopic (exact) mass is 420 g/mol. The SMILES string of the molecule is COc1ccc(N([C@H](C)C(=O)N[C@@H](C)COc2ccccc2C)S(C)(=O)=O)cc1. The number of anilines is 1. The molecular weight excluding hydrogens is 392 g/mol. The van der Waals surface area contributed by atoms with Crippen LogP contribution in [0.2, 0.25) is 0 Å². The fraction of sp³-hybridized carbons (Fsp3) is 0.381. The Balaban J connectivity index is 2.07. The number of hydrogen-bond donors (Lipinski definition) is 1. The van der Waals surface area contributed by atoms with E-state index in [1.165, 1.54) is 7.11 Å². The first-order valence-corrected chi connectivity index (χ1v) is 11.1.